The first-order chi connectivity index (χ1) is 9.60. The lowest BCUT2D eigenvalue weighted by molar-refractivity contribution is 0.415. The van der Waals surface area contributed by atoms with Crippen LogP contribution in [0.25, 0.3) is 16.7 Å². The first-order valence-corrected chi connectivity index (χ1v) is 6.63. The third-order valence-electron chi connectivity index (χ3n) is 3.04. The summed E-state index contributed by atoms with van der Waals surface area (Å²) in [6.07, 6.45) is 0. The third-order valence-corrected chi connectivity index (χ3v) is 3.59. The molecule has 0 atom stereocenters. The zero-order valence-corrected chi connectivity index (χ0v) is 12.1. The van der Waals surface area contributed by atoms with Gasteiger partial charge in [-0.2, -0.15) is 0 Å². The fourth-order valence-corrected chi connectivity index (χ4v) is 2.48. The molecule has 0 spiro atoms. The van der Waals surface area contributed by atoms with Gasteiger partial charge in [0.25, 0.3) is 0 Å². The molecular weight excluding hydrogens is 297 g/mol. The summed E-state index contributed by atoms with van der Waals surface area (Å²) < 4.78 is 6.95. The van der Waals surface area contributed by atoms with Crippen molar-refractivity contribution in [3.05, 3.63) is 46.4 Å². The summed E-state index contributed by atoms with van der Waals surface area (Å²) in [7, 11) is 1.61. The zero-order valence-electron chi connectivity index (χ0n) is 10.6. The summed E-state index contributed by atoms with van der Waals surface area (Å²) in [5.41, 5.74) is 8.28. The minimum absolute atomic E-state index is 0.345. The molecule has 0 bridgehead atoms. The van der Waals surface area contributed by atoms with E-state index < -0.39 is 0 Å². The molecule has 0 aliphatic rings. The molecule has 0 unspecified atom stereocenters. The highest BCUT2D eigenvalue weighted by molar-refractivity contribution is 6.34. The standard InChI is InChI=1S/C14H11Cl2N3O/c1-20-9-3-5-12-11(7-9)18-14(17)19(12)13-6-8(15)2-4-10(13)16/h2-7H,1H3,(H2,17,18). The van der Waals surface area contributed by atoms with Crippen molar-refractivity contribution >= 4 is 40.2 Å². The largest absolute Gasteiger partial charge is 0.497 e. The van der Waals surface area contributed by atoms with E-state index in [1.165, 1.54) is 0 Å². The molecule has 0 amide bonds. The highest BCUT2D eigenvalue weighted by Crippen LogP contribution is 2.31. The Morgan fingerprint density at radius 2 is 1.95 bits per heavy atom. The summed E-state index contributed by atoms with van der Waals surface area (Å²) in [5, 5.41) is 1.13. The molecule has 0 aliphatic carbocycles. The van der Waals surface area contributed by atoms with E-state index in [-0.39, 0.29) is 0 Å². The van der Waals surface area contributed by atoms with Gasteiger partial charge in [-0.3, -0.25) is 4.57 Å². The first-order valence-electron chi connectivity index (χ1n) is 5.87. The number of nitrogens with zero attached hydrogens (tertiary/aromatic N) is 2. The highest BCUT2D eigenvalue weighted by Gasteiger charge is 2.13. The SMILES string of the molecule is COc1ccc2c(c1)nc(N)n2-c1cc(Cl)ccc1Cl. The van der Waals surface area contributed by atoms with E-state index in [9.17, 15) is 0 Å². The number of rotatable bonds is 2. The van der Waals surface area contributed by atoms with Gasteiger partial charge in [0.05, 0.1) is 28.9 Å². The molecule has 102 valence electrons. The summed E-state index contributed by atoms with van der Waals surface area (Å²) in [5.74, 6) is 1.07. The van der Waals surface area contributed by atoms with E-state index in [0.29, 0.717) is 21.7 Å². The Bertz CT molecular complexity index is 798. The molecule has 1 heterocycles. The van der Waals surface area contributed by atoms with E-state index in [2.05, 4.69) is 4.98 Å². The summed E-state index contributed by atoms with van der Waals surface area (Å²) in [6.45, 7) is 0. The second kappa shape index (κ2) is 4.89. The Balaban J connectivity index is 2.30. The second-order valence-corrected chi connectivity index (χ2v) is 5.10. The molecule has 0 fully saturated rings. The quantitative estimate of drug-likeness (QED) is 0.780. The van der Waals surface area contributed by atoms with E-state index >= 15 is 0 Å². The Morgan fingerprint density at radius 1 is 1.15 bits per heavy atom. The Morgan fingerprint density at radius 3 is 2.70 bits per heavy atom. The van der Waals surface area contributed by atoms with Crippen LogP contribution in [0.15, 0.2) is 36.4 Å². The number of anilines is 1. The lowest BCUT2D eigenvalue weighted by Gasteiger charge is -2.09. The van der Waals surface area contributed by atoms with Crippen molar-refractivity contribution in [3.63, 3.8) is 0 Å². The predicted molar refractivity (Wildman–Crippen MR) is 82.1 cm³/mol. The van der Waals surface area contributed by atoms with Crippen molar-refractivity contribution in [2.45, 2.75) is 0 Å². The van der Waals surface area contributed by atoms with Crippen LogP contribution in [0.5, 0.6) is 5.75 Å². The van der Waals surface area contributed by atoms with E-state index in [4.69, 9.17) is 33.7 Å². The normalized spacial score (nSPS) is 10.9. The van der Waals surface area contributed by atoms with Crippen LogP contribution in [0.4, 0.5) is 5.95 Å². The number of nitrogens with two attached hydrogens (primary N) is 1. The monoisotopic (exact) mass is 307 g/mol. The number of fused-ring (bicyclic) bond motifs is 1. The average Bonchev–Trinajstić information content (AvgIpc) is 2.76. The molecule has 1 aromatic heterocycles. The summed E-state index contributed by atoms with van der Waals surface area (Å²) in [4.78, 5) is 4.33. The third kappa shape index (κ3) is 2.07. The predicted octanol–water partition coefficient (Wildman–Crippen LogP) is 3.92. The van der Waals surface area contributed by atoms with Gasteiger partial charge in [0.2, 0.25) is 5.95 Å². The van der Waals surface area contributed by atoms with Gasteiger partial charge < -0.3 is 10.5 Å². The molecule has 20 heavy (non-hydrogen) atoms. The fourth-order valence-electron chi connectivity index (χ4n) is 2.12. The molecule has 2 N–H and O–H groups in total. The Labute approximate surface area is 125 Å². The maximum atomic E-state index is 6.23. The van der Waals surface area contributed by atoms with Gasteiger partial charge in [0.15, 0.2) is 0 Å². The lowest BCUT2D eigenvalue weighted by Crippen LogP contribution is -2.01. The topological polar surface area (TPSA) is 53.1 Å². The summed E-state index contributed by atoms with van der Waals surface area (Å²) >= 11 is 12.3. The van der Waals surface area contributed by atoms with Gasteiger partial charge >= 0.3 is 0 Å². The van der Waals surface area contributed by atoms with Gasteiger partial charge in [0.1, 0.15) is 5.75 Å². The van der Waals surface area contributed by atoms with Crippen LogP contribution in [-0.4, -0.2) is 16.7 Å². The van der Waals surface area contributed by atoms with Gasteiger partial charge in [0, 0.05) is 11.1 Å². The molecule has 0 saturated carbocycles. The number of imidazole rings is 1. The van der Waals surface area contributed by atoms with Gasteiger partial charge in [-0.05, 0) is 30.3 Å². The number of aromatic nitrogens is 2. The van der Waals surface area contributed by atoms with Crippen LogP contribution < -0.4 is 10.5 Å². The van der Waals surface area contributed by atoms with E-state index in [1.807, 2.05) is 18.2 Å². The number of hydrogen-bond donors (Lipinski definition) is 1. The second-order valence-electron chi connectivity index (χ2n) is 4.26. The molecular formula is C14H11Cl2N3O. The number of ether oxygens (including phenoxy) is 1. The smallest absolute Gasteiger partial charge is 0.205 e. The van der Waals surface area contributed by atoms with Crippen LogP contribution in [0.1, 0.15) is 0 Å². The van der Waals surface area contributed by atoms with Gasteiger partial charge in [-0.15, -0.1) is 0 Å². The molecule has 3 aromatic rings. The van der Waals surface area contributed by atoms with Crippen molar-refractivity contribution < 1.29 is 4.74 Å². The van der Waals surface area contributed by atoms with Crippen molar-refractivity contribution in [2.75, 3.05) is 12.8 Å². The Kier molecular flexibility index (Phi) is 3.20. The molecule has 6 heteroatoms. The van der Waals surface area contributed by atoms with Crippen LogP contribution >= 0.6 is 23.2 Å². The van der Waals surface area contributed by atoms with Crippen LogP contribution in [0, 0.1) is 0 Å². The maximum absolute atomic E-state index is 6.23. The van der Waals surface area contributed by atoms with Crippen molar-refractivity contribution in [2.24, 2.45) is 0 Å². The molecule has 3 rings (SSSR count). The van der Waals surface area contributed by atoms with E-state index in [1.54, 1.807) is 29.9 Å². The highest BCUT2D eigenvalue weighted by atomic mass is 35.5. The first kappa shape index (κ1) is 13.1. The average molecular weight is 308 g/mol. The lowest BCUT2D eigenvalue weighted by atomic mass is 10.2. The minimum atomic E-state index is 0.345. The molecule has 0 aliphatic heterocycles. The van der Waals surface area contributed by atoms with Crippen molar-refractivity contribution in [3.8, 4) is 11.4 Å². The zero-order chi connectivity index (χ0) is 14.3. The van der Waals surface area contributed by atoms with E-state index in [0.717, 1.165) is 16.8 Å². The molecule has 4 nitrogen and oxygen atoms in total. The Hall–Kier alpha value is -1.91. The van der Waals surface area contributed by atoms with Crippen LogP contribution in [0.2, 0.25) is 10.0 Å². The number of halogens is 2. The molecule has 0 saturated heterocycles. The number of nitrogen functional groups attached to an aromatic ring is 1. The number of methoxy groups -OCH3 is 1. The molecule has 0 radical (unpaired) electrons. The van der Waals surface area contributed by atoms with Gasteiger partial charge in [-0.25, -0.2) is 4.98 Å². The minimum Gasteiger partial charge on any atom is -0.497 e. The summed E-state index contributed by atoms with van der Waals surface area (Å²) in [6, 6.07) is 10.8. The molecule has 2 aromatic carbocycles. The van der Waals surface area contributed by atoms with Crippen molar-refractivity contribution in [1.82, 2.24) is 9.55 Å². The number of hydrogen-bond acceptors (Lipinski definition) is 3. The number of benzene rings is 2. The van der Waals surface area contributed by atoms with Gasteiger partial charge in [-0.1, -0.05) is 23.2 Å². The fraction of sp³-hybridized carbons (Fsp3) is 0.0714. The van der Waals surface area contributed by atoms with Crippen LogP contribution in [0.3, 0.4) is 0 Å². The van der Waals surface area contributed by atoms with Crippen LogP contribution in [-0.2, 0) is 0 Å². The maximum Gasteiger partial charge on any atom is 0.205 e. The van der Waals surface area contributed by atoms with Crippen molar-refractivity contribution in [1.29, 1.82) is 0 Å².